The monoisotopic (exact) mass is 422 g/mol. The molecule has 7 heteroatoms. The van der Waals surface area contributed by atoms with Gasteiger partial charge in [-0.15, -0.1) is 0 Å². The van der Waals surface area contributed by atoms with Gasteiger partial charge in [0.1, 0.15) is 6.10 Å². The van der Waals surface area contributed by atoms with Gasteiger partial charge in [-0.25, -0.2) is 0 Å². The first kappa shape index (κ1) is 21.3. The van der Waals surface area contributed by atoms with Crippen molar-refractivity contribution in [3.8, 4) is 0 Å². The fourth-order valence-corrected chi connectivity index (χ4v) is 4.32. The number of amides is 2. The molecule has 4 rings (SSSR count). The van der Waals surface area contributed by atoms with E-state index in [0.717, 1.165) is 50.4 Å². The molecule has 2 aromatic rings. The van der Waals surface area contributed by atoms with Gasteiger partial charge in [-0.3, -0.25) is 14.5 Å². The summed E-state index contributed by atoms with van der Waals surface area (Å²) in [5.41, 5.74) is 8.43. The Morgan fingerprint density at radius 2 is 1.71 bits per heavy atom. The molecule has 0 aromatic heterocycles. The highest BCUT2D eigenvalue weighted by Crippen LogP contribution is 2.30. The molecule has 1 unspecified atom stereocenters. The van der Waals surface area contributed by atoms with Crippen molar-refractivity contribution in [2.24, 2.45) is 11.7 Å². The standard InChI is InChI=1S/C24H30N4O3/c25-23(29)19-10-12-28(13-11-19)21-9-5-4-8-20(21)26-24(30)22-17-27(14-15-31-22)16-18-6-2-1-3-7-18/h1-9,19,22H,10-17H2,(H2,25,29)(H,26,30). The van der Waals surface area contributed by atoms with Crippen LogP contribution in [0.5, 0.6) is 0 Å². The van der Waals surface area contributed by atoms with Crippen LogP contribution in [0.3, 0.4) is 0 Å². The summed E-state index contributed by atoms with van der Waals surface area (Å²) in [6.07, 6.45) is 0.960. The third kappa shape index (κ3) is 5.42. The molecule has 0 aliphatic carbocycles. The van der Waals surface area contributed by atoms with Gasteiger partial charge in [-0.1, -0.05) is 42.5 Å². The number of morpholine rings is 1. The van der Waals surface area contributed by atoms with Gasteiger partial charge in [-0.2, -0.15) is 0 Å². The van der Waals surface area contributed by atoms with E-state index in [4.69, 9.17) is 10.5 Å². The molecule has 2 aliphatic heterocycles. The highest BCUT2D eigenvalue weighted by Gasteiger charge is 2.28. The normalized spacial score (nSPS) is 20.4. The average Bonchev–Trinajstić information content (AvgIpc) is 2.80. The van der Waals surface area contributed by atoms with Crippen molar-refractivity contribution in [2.75, 3.05) is 43.0 Å². The lowest BCUT2D eigenvalue weighted by Crippen LogP contribution is -2.47. The molecule has 7 nitrogen and oxygen atoms in total. The van der Waals surface area contributed by atoms with Crippen LogP contribution in [0.25, 0.3) is 0 Å². The van der Waals surface area contributed by atoms with E-state index < -0.39 is 6.10 Å². The predicted octanol–water partition coefficient (Wildman–Crippen LogP) is 2.23. The van der Waals surface area contributed by atoms with Crippen LogP contribution in [0, 0.1) is 5.92 Å². The van der Waals surface area contributed by atoms with Gasteiger partial charge < -0.3 is 20.7 Å². The van der Waals surface area contributed by atoms with Crippen LogP contribution in [-0.2, 0) is 20.9 Å². The van der Waals surface area contributed by atoms with E-state index in [1.54, 1.807) is 0 Å². The maximum absolute atomic E-state index is 13.0. The van der Waals surface area contributed by atoms with Crippen LogP contribution in [0.15, 0.2) is 54.6 Å². The predicted molar refractivity (Wildman–Crippen MR) is 121 cm³/mol. The lowest BCUT2D eigenvalue weighted by molar-refractivity contribution is -0.133. The fraction of sp³-hybridized carbons (Fsp3) is 0.417. The summed E-state index contributed by atoms with van der Waals surface area (Å²) in [6, 6.07) is 18.1. The Bertz CT molecular complexity index is 897. The molecule has 0 radical (unpaired) electrons. The first-order valence-corrected chi connectivity index (χ1v) is 10.9. The Balaban J connectivity index is 1.38. The number of ether oxygens (including phenoxy) is 1. The maximum Gasteiger partial charge on any atom is 0.254 e. The van der Waals surface area contributed by atoms with Crippen molar-refractivity contribution in [1.29, 1.82) is 0 Å². The number of nitrogens with two attached hydrogens (primary N) is 1. The molecule has 0 spiro atoms. The zero-order valence-electron chi connectivity index (χ0n) is 17.7. The SMILES string of the molecule is NC(=O)C1CCN(c2ccccc2NC(=O)C2CN(Cc3ccccc3)CCO2)CC1. The number of anilines is 2. The molecular weight excluding hydrogens is 392 g/mol. The van der Waals surface area contributed by atoms with Gasteiger partial charge in [0.05, 0.1) is 18.0 Å². The van der Waals surface area contributed by atoms with Crippen LogP contribution < -0.4 is 16.0 Å². The molecule has 3 N–H and O–H groups in total. The zero-order valence-corrected chi connectivity index (χ0v) is 17.7. The number of hydrogen-bond donors (Lipinski definition) is 2. The smallest absolute Gasteiger partial charge is 0.254 e. The number of nitrogens with zero attached hydrogens (tertiary/aromatic N) is 2. The maximum atomic E-state index is 13.0. The fourth-order valence-electron chi connectivity index (χ4n) is 4.32. The van der Waals surface area contributed by atoms with E-state index in [1.165, 1.54) is 5.56 Å². The van der Waals surface area contributed by atoms with Gasteiger partial charge in [0.15, 0.2) is 0 Å². The second-order valence-electron chi connectivity index (χ2n) is 8.25. The van der Waals surface area contributed by atoms with Crippen LogP contribution in [0.2, 0.25) is 0 Å². The number of hydrogen-bond acceptors (Lipinski definition) is 5. The molecule has 0 saturated carbocycles. The van der Waals surface area contributed by atoms with E-state index in [1.807, 2.05) is 42.5 Å². The second kappa shape index (κ2) is 9.94. The molecule has 2 aromatic carbocycles. The lowest BCUT2D eigenvalue weighted by Gasteiger charge is -2.34. The van der Waals surface area contributed by atoms with E-state index in [2.05, 4.69) is 27.2 Å². The third-order valence-electron chi connectivity index (χ3n) is 6.09. The first-order valence-electron chi connectivity index (χ1n) is 10.9. The van der Waals surface area contributed by atoms with E-state index in [-0.39, 0.29) is 17.7 Å². The highest BCUT2D eigenvalue weighted by atomic mass is 16.5. The van der Waals surface area contributed by atoms with Gasteiger partial charge in [-0.05, 0) is 30.5 Å². The molecule has 0 bridgehead atoms. The van der Waals surface area contributed by atoms with Gasteiger partial charge in [0.2, 0.25) is 5.91 Å². The largest absolute Gasteiger partial charge is 0.370 e. The molecule has 2 amide bonds. The summed E-state index contributed by atoms with van der Waals surface area (Å²) >= 11 is 0. The van der Waals surface area contributed by atoms with Crippen molar-refractivity contribution in [1.82, 2.24) is 4.90 Å². The minimum absolute atomic E-state index is 0.0655. The molecule has 2 saturated heterocycles. The molecule has 2 fully saturated rings. The Morgan fingerprint density at radius 1 is 1.00 bits per heavy atom. The molecular formula is C24H30N4O3. The first-order chi connectivity index (χ1) is 15.1. The molecule has 164 valence electrons. The minimum Gasteiger partial charge on any atom is -0.370 e. The Kier molecular flexibility index (Phi) is 6.84. The number of carbonyl (C=O) groups excluding carboxylic acids is 2. The van der Waals surface area contributed by atoms with Crippen LogP contribution >= 0.6 is 0 Å². The van der Waals surface area contributed by atoms with Crippen molar-refractivity contribution in [3.63, 3.8) is 0 Å². The van der Waals surface area contributed by atoms with E-state index >= 15 is 0 Å². The number of rotatable bonds is 6. The van der Waals surface area contributed by atoms with Crippen molar-refractivity contribution >= 4 is 23.2 Å². The quantitative estimate of drug-likeness (QED) is 0.745. The summed E-state index contributed by atoms with van der Waals surface area (Å²) in [7, 11) is 0. The number of para-hydroxylation sites is 2. The molecule has 2 heterocycles. The summed E-state index contributed by atoms with van der Waals surface area (Å²) < 4.78 is 5.79. The highest BCUT2D eigenvalue weighted by molar-refractivity contribution is 5.97. The van der Waals surface area contributed by atoms with Crippen LogP contribution in [-0.4, -0.2) is 55.6 Å². The average molecular weight is 423 g/mol. The summed E-state index contributed by atoms with van der Waals surface area (Å²) in [4.78, 5) is 28.9. The molecule has 2 aliphatic rings. The van der Waals surface area contributed by atoms with Crippen molar-refractivity contribution < 1.29 is 14.3 Å². The molecule has 31 heavy (non-hydrogen) atoms. The summed E-state index contributed by atoms with van der Waals surface area (Å²) in [6.45, 7) is 4.19. The Hall–Kier alpha value is -2.90. The minimum atomic E-state index is -0.508. The third-order valence-corrected chi connectivity index (χ3v) is 6.09. The zero-order chi connectivity index (χ0) is 21.6. The Labute approximate surface area is 183 Å². The lowest BCUT2D eigenvalue weighted by atomic mass is 9.96. The van der Waals surface area contributed by atoms with Gasteiger partial charge in [0.25, 0.3) is 5.91 Å². The van der Waals surface area contributed by atoms with Crippen LogP contribution in [0.4, 0.5) is 11.4 Å². The Morgan fingerprint density at radius 3 is 2.45 bits per heavy atom. The second-order valence-corrected chi connectivity index (χ2v) is 8.25. The van der Waals surface area contributed by atoms with Gasteiger partial charge >= 0.3 is 0 Å². The number of piperidine rings is 1. The van der Waals surface area contributed by atoms with E-state index in [0.29, 0.717) is 13.2 Å². The number of primary amides is 1. The number of carbonyl (C=O) groups is 2. The summed E-state index contributed by atoms with van der Waals surface area (Å²) in [5, 5.41) is 3.07. The van der Waals surface area contributed by atoms with Gasteiger partial charge in [0, 0.05) is 38.6 Å². The molecule has 1 atom stereocenters. The van der Waals surface area contributed by atoms with Crippen molar-refractivity contribution in [2.45, 2.75) is 25.5 Å². The topological polar surface area (TPSA) is 87.9 Å². The summed E-state index contributed by atoms with van der Waals surface area (Å²) in [5.74, 6) is -0.419. The van der Waals surface area contributed by atoms with E-state index in [9.17, 15) is 9.59 Å². The number of nitrogens with one attached hydrogen (secondary N) is 1. The number of benzene rings is 2. The van der Waals surface area contributed by atoms with Crippen molar-refractivity contribution in [3.05, 3.63) is 60.2 Å². The van der Waals surface area contributed by atoms with Crippen LogP contribution in [0.1, 0.15) is 18.4 Å².